The Morgan fingerprint density at radius 3 is 2.86 bits per heavy atom. The third kappa shape index (κ3) is 2.90. The number of hydrogen-bond acceptors (Lipinski definition) is 6. The van der Waals surface area contributed by atoms with Gasteiger partial charge in [0.1, 0.15) is 11.5 Å². The first kappa shape index (κ1) is 13.6. The summed E-state index contributed by atoms with van der Waals surface area (Å²) in [6.45, 7) is 6.46. The molecule has 6 heteroatoms. The molecule has 0 fully saturated rings. The van der Waals surface area contributed by atoms with Crippen LogP contribution >= 0.6 is 0 Å². The third-order valence-electron chi connectivity index (χ3n) is 3.32. The predicted molar refractivity (Wildman–Crippen MR) is 75.4 cm³/mol. The van der Waals surface area contributed by atoms with Crippen LogP contribution in [0.25, 0.3) is 11.6 Å². The molecule has 0 radical (unpaired) electrons. The van der Waals surface area contributed by atoms with Crippen molar-refractivity contribution in [3.63, 3.8) is 0 Å². The molecule has 21 heavy (non-hydrogen) atoms. The third-order valence-corrected chi connectivity index (χ3v) is 3.32. The quantitative estimate of drug-likeness (QED) is 0.775. The number of aryl methyl sites for hydroxylation is 2. The van der Waals surface area contributed by atoms with Gasteiger partial charge in [0, 0.05) is 11.6 Å². The summed E-state index contributed by atoms with van der Waals surface area (Å²) >= 11 is 0. The molecule has 0 saturated carbocycles. The van der Waals surface area contributed by atoms with E-state index in [4.69, 9.17) is 13.4 Å². The van der Waals surface area contributed by atoms with Crippen LogP contribution < -0.4 is 5.32 Å². The molecule has 6 nitrogen and oxygen atoms in total. The van der Waals surface area contributed by atoms with Crippen molar-refractivity contribution in [2.45, 2.75) is 33.4 Å². The van der Waals surface area contributed by atoms with E-state index in [0.29, 0.717) is 24.0 Å². The van der Waals surface area contributed by atoms with E-state index in [1.807, 2.05) is 19.9 Å². The molecule has 0 amide bonds. The van der Waals surface area contributed by atoms with Gasteiger partial charge in [-0.05, 0) is 39.0 Å². The zero-order valence-electron chi connectivity index (χ0n) is 12.2. The summed E-state index contributed by atoms with van der Waals surface area (Å²) in [5.41, 5.74) is 1.14. The molecule has 3 rings (SSSR count). The van der Waals surface area contributed by atoms with Gasteiger partial charge in [-0.15, -0.1) is 0 Å². The van der Waals surface area contributed by atoms with Crippen molar-refractivity contribution in [1.82, 2.24) is 15.5 Å². The summed E-state index contributed by atoms with van der Waals surface area (Å²) < 4.78 is 16.0. The lowest BCUT2D eigenvalue weighted by Crippen LogP contribution is -2.18. The maximum atomic E-state index is 5.54. The molecule has 0 aliphatic heterocycles. The summed E-state index contributed by atoms with van der Waals surface area (Å²) in [7, 11) is 0. The summed E-state index contributed by atoms with van der Waals surface area (Å²) in [6, 6.07) is 5.76. The Hall–Kier alpha value is -2.34. The molecule has 0 aliphatic rings. The molecule has 0 unspecified atom stereocenters. The topological polar surface area (TPSA) is 77.2 Å². The fourth-order valence-corrected chi connectivity index (χ4v) is 2.26. The first-order valence-corrected chi connectivity index (χ1v) is 6.80. The molecule has 0 aliphatic carbocycles. The van der Waals surface area contributed by atoms with Crippen LogP contribution in [0.15, 0.2) is 37.8 Å². The van der Waals surface area contributed by atoms with Crippen molar-refractivity contribution in [3.05, 3.63) is 47.4 Å². The molecule has 3 aromatic heterocycles. The SMILES string of the molecule is Cc1cc([C@H](C)NCc2nc(-c3ccco3)no2)c(C)o1. The molecule has 110 valence electrons. The Morgan fingerprint density at radius 2 is 2.19 bits per heavy atom. The minimum absolute atomic E-state index is 0.140. The number of aromatic nitrogens is 2. The monoisotopic (exact) mass is 287 g/mol. The summed E-state index contributed by atoms with van der Waals surface area (Å²) in [6.07, 6.45) is 1.58. The van der Waals surface area contributed by atoms with Gasteiger partial charge in [0.25, 0.3) is 0 Å². The lowest BCUT2D eigenvalue weighted by atomic mass is 10.1. The molecular formula is C15H17N3O3. The van der Waals surface area contributed by atoms with E-state index in [1.54, 1.807) is 18.4 Å². The predicted octanol–water partition coefficient (Wildman–Crippen LogP) is 3.39. The highest BCUT2D eigenvalue weighted by molar-refractivity contribution is 5.44. The van der Waals surface area contributed by atoms with Gasteiger partial charge in [-0.3, -0.25) is 0 Å². The van der Waals surface area contributed by atoms with Crippen molar-refractivity contribution in [2.24, 2.45) is 0 Å². The van der Waals surface area contributed by atoms with Gasteiger partial charge in [0.05, 0.1) is 12.8 Å². The largest absolute Gasteiger partial charge is 0.466 e. The number of nitrogens with one attached hydrogen (secondary N) is 1. The maximum Gasteiger partial charge on any atom is 0.241 e. The molecule has 0 spiro atoms. The van der Waals surface area contributed by atoms with Gasteiger partial charge in [-0.1, -0.05) is 5.16 Å². The van der Waals surface area contributed by atoms with Crippen molar-refractivity contribution < 1.29 is 13.4 Å². The highest BCUT2D eigenvalue weighted by Crippen LogP contribution is 2.21. The maximum absolute atomic E-state index is 5.54. The summed E-state index contributed by atoms with van der Waals surface area (Å²) in [5, 5.41) is 7.23. The first-order valence-electron chi connectivity index (χ1n) is 6.80. The average Bonchev–Trinajstić information content (AvgIpc) is 3.15. The van der Waals surface area contributed by atoms with E-state index < -0.39 is 0 Å². The smallest absolute Gasteiger partial charge is 0.241 e. The van der Waals surface area contributed by atoms with E-state index >= 15 is 0 Å². The van der Waals surface area contributed by atoms with E-state index in [9.17, 15) is 0 Å². The Kier molecular flexibility index (Phi) is 3.62. The molecule has 0 aromatic carbocycles. The number of furan rings is 2. The Morgan fingerprint density at radius 1 is 1.33 bits per heavy atom. The fraction of sp³-hybridized carbons (Fsp3) is 0.333. The van der Waals surface area contributed by atoms with E-state index in [0.717, 1.165) is 17.1 Å². The van der Waals surface area contributed by atoms with E-state index in [2.05, 4.69) is 22.4 Å². The molecule has 3 heterocycles. The van der Waals surface area contributed by atoms with Crippen LogP contribution in [0.1, 0.15) is 35.9 Å². The average molecular weight is 287 g/mol. The highest BCUT2D eigenvalue weighted by atomic mass is 16.5. The minimum Gasteiger partial charge on any atom is -0.466 e. The standard InChI is InChI=1S/C15H17N3O3/c1-9-7-12(11(3)20-9)10(2)16-8-14-17-15(18-21-14)13-5-4-6-19-13/h4-7,10,16H,8H2,1-3H3/t10-/m0/s1. The van der Waals surface area contributed by atoms with E-state index in [-0.39, 0.29) is 6.04 Å². The van der Waals surface area contributed by atoms with Gasteiger partial charge in [0.2, 0.25) is 11.7 Å². The second-order valence-corrected chi connectivity index (χ2v) is 4.96. The summed E-state index contributed by atoms with van der Waals surface area (Å²) in [4.78, 5) is 4.29. The minimum atomic E-state index is 0.140. The first-order chi connectivity index (χ1) is 10.1. The number of nitrogens with zero attached hydrogens (tertiary/aromatic N) is 2. The lowest BCUT2D eigenvalue weighted by molar-refractivity contribution is 0.359. The van der Waals surface area contributed by atoms with Gasteiger partial charge in [-0.2, -0.15) is 4.98 Å². The normalized spacial score (nSPS) is 12.7. The molecule has 0 saturated heterocycles. The molecule has 3 aromatic rings. The Bertz CT molecular complexity index is 712. The second-order valence-electron chi connectivity index (χ2n) is 4.96. The Balaban J connectivity index is 1.64. The van der Waals surface area contributed by atoms with Crippen LogP contribution in [-0.2, 0) is 6.54 Å². The second kappa shape index (κ2) is 5.57. The van der Waals surface area contributed by atoms with Crippen molar-refractivity contribution in [1.29, 1.82) is 0 Å². The van der Waals surface area contributed by atoms with Crippen molar-refractivity contribution in [2.75, 3.05) is 0 Å². The van der Waals surface area contributed by atoms with Crippen LogP contribution in [0.2, 0.25) is 0 Å². The van der Waals surface area contributed by atoms with Gasteiger partial charge < -0.3 is 18.7 Å². The molecule has 1 N–H and O–H groups in total. The van der Waals surface area contributed by atoms with Crippen molar-refractivity contribution >= 4 is 0 Å². The number of hydrogen-bond donors (Lipinski definition) is 1. The Labute approximate surface area is 122 Å². The fourth-order valence-electron chi connectivity index (χ4n) is 2.26. The van der Waals surface area contributed by atoms with Crippen LogP contribution in [-0.4, -0.2) is 10.1 Å². The zero-order chi connectivity index (χ0) is 14.8. The molecule has 0 bridgehead atoms. The zero-order valence-corrected chi connectivity index (χ0v) is 12.2. The van der Waals surface area contributed by atoms with Gasteiger partial charge >= 0.3 is 0 Å². The van der Waals surface area contributed by atoms with Crippen LogP contribution in [0.3, 0.4) is 0 Å². The molecule has 1 atom stereocenters. The van der Waals surface area contributed by atoms with E-state index in [1.165, 1.54) is 0 Å². The van der Waals surface area contributed by atoms with Crippen LogP contribution in [0, 0.1) is 13.8 Å². The van der Waals surface area contributed by atoms with Gasteiger partial charge in [0.15, 0.2) is 5.76 Å². The summed E-state index contributed by atoms with van der Waals surface area (Å²) in [5.74, 6) is 3.41. The van der Waals surface area contributed by atoms with Crippen molar-refractivity contribution in [3.8, 4) is 11.6 Å². The van der Waals surface area contributed by atoms with Crippen LogP contribution in [0.4, 0.5) is 0 Å². The van der Waals surface area contributed by atoms with Gasteiger partial charge in [-0.25, -0.2) is 0 Å². The lowest BCUT2D eigenvalue weighted by Gasteiger charge is -2.10. The van der Waals surface area contributed by atoms with Crippen LogP contribution in [0.5, 0.6) is 0 Å². The highest BCUT2D eigenvalue weighted by Gasteiger charge is 2.15. The number of rotatable bonds is 5. The molecular weight excluding hydrogens is 270 g/mol.